The Labute approximate surface area is 48.7 Å². The van der Waals surface area contributed by atoms with E-state index in [1.54, 1.807) is 18.7 Å². The summed E-state index contributed by atoms with van der Waals surface area (Å²) in [6.07, 6.45) is 5.10. The van der Waals surface area contributed by atoms with Crippen LogP contribution in [-0.2, 0) is 0 Å². The van der Waals surface area contributed by atoms with Gasteiger partial charge in [-0.25, -0.2) is 4.99 Å². The minimum atomic E-state index is 0.236. The lowest BCUT2D eigenvalue weighted by molar-refractivity contribution is -0.785. The lowest BCUT2D eigenvalue weighted by atomic mass is 10.6. The average Bonchev–Trinajstić information content (AvgIpc) is 2.17. The Balaban J connectivity index is 2.69. The van der Waals surface area contributed by atoms with E-state index < -0.39 is 0 Å². The second-order valence-electron chi connectivity index (χ2n) is 1.78. The van der Waals surface area contributed by atoms with Crippen LogP contribution in [0.2, 0.25) is 0 Å². The van der Waals surface area contributed by atoms with Gasteiger partial charge in [-0.1, -0.05) is 0 Å². The molecule has 0 aromatic heterocycles. The quantitative estimate of drug-likeness (QED) is 0.376. The van der Waals surface area contributed by atoms with E-state index in [1.807, 2.05) is 0 Å². The predicted octanol–water partition coefficient (Wildman–Crippen LogP) is 0.0241. The molecule has 0 aliphatic carbocycles. The predicted molar refractivity (Wildman–Crippen MR) is 32.3 cm³/mol. The molecule has 0 fully saturated rings. The lowest BCUT2D eigenvalue weighted by Crippen LogP contribution is -2.46. The van der Waals surface area contributed by atoms with Crippen molar-refractivity contribution in [2.75, 3.05) is 6.54 Å². The first-order valence-corrected chi connectivity index (χ1v) is 2.44. The molecule has 1 radical (unpaired) electrons. The van der Waals surface area contributed by atoms with E-state index in [0.717, 1.165) is 0 Å². The van der Waals surface area contributed by atoms with Crippen LogP contribution < -0.4 is 5.84 Å². The highest BCUT2D eigenvalue weighted by Crippen LogP contribution is 2.00. The Morgan fingerprint density at radius 2 is 2.50 bits per heavy atom. The maximum Gasteiger partial charge on any atom is 0.214 e. The highest BCUT2D eigenvalue weighted by atomic mass is 15.6. The number of aliphatic imine (C=N–C) groups is 1. The van der Waals surface area contributed by atoms with Gasteiger partial charge in [0.2, 0.25) is 6.34 Å². The van der Waals surface area contributed by atoms with E-state index >= 15 is 0 Å². The van der Waals surface area contributed by atoms with Crippen molar-refractivity contribution in [3.05, 3.63) is 19.3 Å². The summed E-state index contributed by atoms with van der Waals surface area (Å²) in [5, 5.41) is 0. The zero-order valence-corrected chi connectivity index (χ0v) is 4.62. The third-order valence-corrected chi connectivity index (χ3v) is 1.10. The highest BCUT2D eigenvalue weighted by Gasteiger charge is 2.16. The summed E-state index contributed by atoms with van der Waals surface area (Å²) in [7, 11) is 0. The number of nitrogens with zero attached hydrogens (tertiary/aromatic N) is 2. The van der Waals surface area contributed by atoms with Gasteiger partial charge in [-0.2, -0.15) is 10.4 Å². The van der Waals surface area contributed by atoms with Gasteiger partial charge in [-0.05, 0) is 0 Å². The van der Waals surface area contributed by atoms with Gasteiger partial charge in [0, 0.05) is 6.92 Å². The van der Waals surface area contributed by atoms with Crippen molar-refractivity contribution in [3.8, 4) is 0 Å². The molecule has 0 aromatic carbocycles. The van der Waals surface area contributed by atoms with E-state index in [1.165, 1.54) is 0 Å². The van der Waals surface area contributed by atoms with Crippen LogP contribution >= 0.6 is 0 Å². The molecule has 1 rings (SSSR count). The maximum absolute atomic E-state index is 5.60. The number of nitrogens with two attached hydrogens (primary N) is 1. The molecule has 0 saturated carbocycles. The van der Waals surface area contributed by atoms with Crippen LogP contribution in [0.1, 0.15) is 0 Å². The molecule has 1 atom stereocenters. The largest absolute Gasteiger partial charge is 0.214 e. The summed E-state index contributed by atoms with van der Waals surface area (Å²) in [6.45, 7) is 4.26. The Kier molecular flexibility index (Phi) is 1.15. The van der Waals surface area contributed by atoms with Gasteiger partial charge in [0.15, 0.2) is 0 Å². The molecule has 3 heteroatoms. The van der Waals surface area contributed by atoms with Gasteiger partial charge >= 0.3 is 0 Å². The standard InChI is InChI=1S/C5H9N3/c1-2-8(6)4-3-7-5-8/h3-5H,1-2,6H2/q+1. The molecular formula is C5H9N3+. The fraction of sp³-hybridized carbons (Fsp3) is 0.200. The summed E-state index contributed by atoms with van der Waals surface area (Å²) in [5.41, 5.74) is 0. The topological polar surface area (TPSA) is 38.4 Å². The molecule has 0 bridgehead atoms. The zero-order chi connectivity index (χ0) is 6.04. The zero-order valence-electron chi connectivity index (χ0n) is 4.62. The monoisotopic (exact) mass is 111 g/mol. The first-order chi connectivity index (χ1) is 3.77. The number of rotatable bonds is 1. The van der Waals surface area contributed by atoms with Crippen LogP contribution in [0.5, 0.6) is 0 Å². The van der Waals surface area contributed by atoms with E-state index in [0.29, 0.717) is 6.54 Å². The summed E-state index contributed by atoms with van der Waals surface area (Å²) in [4.78, 5) is 3.81. The molecule has 1 unspecified atom stereocenters. The lowest BCUT2D eigenvalue weighted by Gasteiger charge is -2.16. The molecule has 43 valence electrons. The van der Waals surface area contributed by atoms with Gasteiger partial charge in [-0.3, -0.25) is 0 Å². The van der Waals surface area contributed by atoms with Crippen LogP contribution in [0.25, 0.3) is 0 Å². The average molecular weight is 111 g/mol. The summed E-state index contributed by atoms with van der Waals surface area (Å²) in [6, 6.07) is 0. The SMILES string of the molecule is [CH2]C[N+]1(N)C=CN=C1. The Morgan fingerprint density at radius 1 is 1.75 bits per heavy atom. The molecule has 3 nitrogen and oxygen atoms in total. The number of hydrogen-bond acceptors (Lipinski definition) is 2. The van der Waals surface area contributed by atoms with Crippen LogP contribution in [0.4, 0.5) is 0 Å². The van der Waals surface area contributed by atoms with Gasteiger partial charge in [-0.15, -0.1) is 0 Å². The minimum Gasteiger partial charge on any atom is -0.204 e. The third kappa shape index (κ3) is 0.778. The second kappa shape index (κ2) is 1.69. The van der Waals surface area contributed by atoms with E-state index in [2.05, 4.69) is 11.9 Å². The van der Waals surface area contributed by atoms with Crippen LogP contribution in [0.15, 0.2) is 17.4 Å². The Morgan fingerprint density at radius 3 is 2.75 bits per heavy atom. The molecule has 1 heterocycles. The fourth-order valence-electron chi connectivity index (χ4n) is 0.496. The molecule has 0 spiro atoms. The minimum absolute atomic E-state index is 0.236. The van der Waals surface area contributed by atoms with Crippen LogP contribution in [0, 0.1) is 6.92 Å². The smallest absolute Gasteiger partial charge is 0.204 e. The van der Waals surface area contributed by atoms with Crippen molar-refractivity contribution in [2.45, 2.75) is 0 Å². The number of quaternary nitrogens is 1. The Bertz CT molecular complexity index is 125. The maximum atomic E-state index is 5.60. The summed E-state index contributed by atoms with van der Waals surface area (Å²) >= 11 is 0. The fourth-order valence-corrected chi connectivity index (χ4v) is 0.496. The normalized spacial score (nSPS) is 34.2. The first-order valence-electron chi connectivity index (χ1n) is 2.44. The van der Waals surface area contributed by atoms with E-state index in [9.17, 15) is 0 Å². The van der Waals surface area contributed by atoms with Gasteiger partial charge in [0.1, 0.15) is 12.7 Å². The van der Waals surface area contributed by atoms with E-state index in [4.69, 9.17) is 5.84 Å². The highest BCUT2D eigenvalue weighted by molar-refractivity contribution is 5.50. The van der Waals surface area contributed by atoms with Crippen LogP contribution in [-0.4, -0.2) is 17.5 Å². The summed E-state index contributed by atoms with van der Waals surface area (Å²) in [5.74, 6) is 5.60. The molecule has 1 aliphatic heterocycles. The van der Waals surface area contributed by atoms with Crippen molar-refractivity contribution in [1.29, 1.82) is 0 Å². The van der Waals surface area contributed by atoms with Crippen molar-refractivity contribution in [3.63, 3.8) is 0 Å². The molecule has 8 heavy (non-hydrogen) atoms. The summed E-state index contributed by atoms with van der Waals surface area (Å²) < 4.78 is 0.236. The molecule has 0 aromatic rings. The molecule has 0 amide bonds. The van der Waals surface area contributed by atoms with Crippen molar-refractivity contribution < 1.29 is 4.59 Å². The van der Waals surface area contributed by atoms with Gasteiger partial charge in [0.25, 0.3) is 0 Å². The molecule has 0 saturated heterocycles. The molecule has 2 N–H and O–H groups in total. The van der Waals surface area contributed by atoms with E-state index in [-0.39, 0.29) is 4.59 Å². The Hall–Kier alpha value is -0.670. The number of hydrogen-bond donors (Lipinski definition) is 1. The first kappa shape index (κ1) is 5.47. The molecule has 1 aliphatic rings. The van der Waals surface area contributed by atoms with Crippen LogP contribution in [0.3, 0.4) is 0 Å². The van der Waals surface area contributed by atoms with Gasteiger partial charge in [0.05, 0.1) is 6.20 Å². The van der Waals surface area contributed by atoms with Gasteiger partial charge < -0.3 is 0 Å². The second-order valence-corrected chi connectivity index (χ2v) is 1.78. The van der Waals surface area contributed by atoms with Crippen molar-refractivity contribution in [2.24, 2.45) is 10.8 Å². The van der Waals surface area contributed by atoms with Crippen molar-refractivity contribution in [1.82, 2.24) is 0 Å². The third-order valence-electron chi connectivity index (χ3n) is 1.10. The molecular weight excluding hydrogens is 102 g/mol. The van der Waals surface area contributed by atoms with Crippen molar-refractivity contribution >= 4 is 6.34 Å².